The van der Waals surface area contributed by atoms with E-state index in [1.54, 1.807) is 29.2 Å². The number of hydrogen-bond donors (Lipinski definition) is 1. The summed E-state index contributed by atoms with van der Waals surface area (Å²) in [6.45, 7) is 3.02. The largest absolute Gasteiger partial charge is 0.359 e. The molecule has 104 valence electrons. The number of fused-ring (bicyclic) bond motifs is 1. The fourth-order valence-electron chi connectivity index (χ4n) is 2.32. The van der Waals surface area contributed by atoms with Gasteiger partial charge in [0.05, 0.1) is 12.2 Å². The van der Waals surface area contributed by atoms with E-state index in [0.717, 1.165) is 23.4 Å². The van der Waals surface area contributed by atoms with Gasteiger partial charge in [-0.25, -0.2) is 4.79 Å². The molecule has 0 radical (unpaired) electrons. The van der Waals surface area contributed by atoms with E-state index >= 15 is 0 Å². The summed E-state index contributed by atoms with van der Waals surface area (Å²) in [4.78, 5) is 13.9. The van der Waals surface area contributed by atoms with Crippen molar-refractivity contribution in [1.29, 1.82) is 0 Å². The lowest BCUT2D eigenvalue weighted by Gasteiger charge is -2.25. The van der Waals surface area contributed by atoms with Crippen molar-refractivity contribution >= 4 is 23.3 Å². The van der Waals surface area contributed by atoms with Gasteiger partial charge in [0.25, 0.3) is 0 Å². The summed E-state index contributed by atoms with van der Waals surface area (Å²) in [7, 11) is 0. The molecule has 6 heteroatoms. The van der Waals surface area contributed by atoms with Crippen LogP contribution in [0.4, 0.5) is 10.5 Å². The molecule has 0 unspecified atom stereocenters. The van der Waals surface area contributed by atoms with Gasteiger partial charge in [-0.2, -0.15) is 0 Å². The molecule has 3 rings (SSSR count). The van der Waals surface area contributed by atoms with E-state index in [1.165, 1.54) is 0 Å². The van der Waals surface area contributed by atoms with Crippen molar-refractivity contribution in [2.75, 3.05) is 11.9 Å². The number of hydrogen-bond acceptors (Lipinski definition) is 3. The number of anilines is 1. The number of aromatic nitrogens is 1. The monoisotopic (exact) mass is 291 g/mol. The van der Waals surface area contributed by atoms with Gasteiger partial charge >= 0.3 is 6.03 Å². The average molecular weight is 292 g/mol. The number of amides is 2. The normalized spacial score (nSPS) is 14.0. The third kappa shape index (κ3) is 2.49. The van der Waals surface area contributed by atoms with Crippen molar-refractivity contribution in [3.8, 4) is 0 Å². The zero-order chi connectivity index (χ0) is 14.1. The first-order valence-corrected chi connectivity index (χ1v) is 6.77. The first kappa shape index (κ1) is 13.0. The molecule has 0 spiro atoms. The highest BCUT2D eigenvalue weighted by molar-refractivity contribution is 6.30. The Balaban J connectivity index is 1.70. The summed E-state index contributed by atoms with van der Waals surface area (Å²) in [5.41, 5.74) is 2.72. The van der Waals surface area contributed by atoms with Crippen LogP contribution >= 0.6 is 11.6 Å². The molecule has 2 aromatic rings. The highest BCUT2D eigenvalue weighted by atomic mass is 35.5. The van der Waals surface area contributed by atoms with Gasteiger partial charge in [0, 0.05) is 22.8 Å². The molecule has 2 heterocycles. The molecule has 0 atom stereocenters. The SMILES string of the molecule is Cc1noc2c1CCN(C(=O)Nc1cccc(Cl)c1)C2. The Hall–Kier alpha value is -2.01. The van der Waals surface area contributed by atoms with Crippen molar-refractivity contribution in [2.45, 2.75) is 19.9 Å². The maximum Gasteiger partial charge on any atom is 0.322 e. The number of urea groups is 1. The molecule has 20 heavy (non-hydrogen) atoms. The van der Waals surface area contributed by atoms with Crippen LogP contribution in [0.25, 0.3) is 0 Å². The number of rotatable bonds is 1. The number of carbonyl (C=O) groups is 1. The standard InChI is InChI=1S/C14H14ClN3O2/c1-9-12-5-6-18(8-13(12)20-17-9)14(19)16-11-4-2-3-10(15)7-11/h2-4,7H,5-6,8H2,1H3,(H,16,19). The molecule has 0 saturated heterocycles. The van der Waals surface area contributed by atoms with E-state index in [0.29, 0.717) is 23.8 Å². The lowest BCUT2D eigenvalue weighted by molar-refractivity contribution is 0.196. The van der Waals surface area contributed by atoms with Crippen molar-refractivity contribution < 1.29 is 9.32 Å². The van der Waals surface area contributed by atoms with Crippen LogP contribution in [0.3, 0.4) is 0 Å². The van der Waals surface area contributed by atoms with Crippen molar-refractivity contribution in [3.63, 3.8) is 0 Å². The Morgan fingerprint density at radius 1 is 1.50 bits per heavy atom. The van der Waals surface area contributed by atoms with Crippen LogP contribution in [0, 0.1) is 6.92 Å². The number of benzene rings is 1. The van der Waals surface area contributed by atoms with E-state index in [1.807, 2.05) is 6.92 Å². The molecule has 1 aromatic carbocycles. The minimum absolute atomic E-state index is 0.160. The third-order valence-electron chi connectivity index (χ3n) is 3.40. The van der Waals surface area contributed by atoms with Gasteiger partial charge in [0.15, 0.2) is 5.76 Å². The van der Waals surface area contributed by atoms with Gasteiger partial charge in [0.1, 0.15) is 0 Å². The third-order valence-corrected chi connectivity index (χ3v) is 3.63. The Morgan fingerprint density at radius 3 is 3.15 bits per heavy atom. The lowest BCUT2D eigenvalue weighted by Crippen LogP contribution is -2.38. The molecular weight excluding hydrogens is 278 g/mol. The van der Waals surface area contributed by atoms with Gasteiger partial charge in [0.2, 0.25) is 0 Å². The summed E-state index contributed by atoms with van der Waals surface area (Å²) >= 11 is 5.90. The molecule has 1 N–H and O–H groups in total. The topological polar surface area (TPSA) is 58.4 Å². The van der Waals surface area contributed by atoms with Gasteiger partial charge in [-0.15, -0.1) is 0 Å². The molecule has 1 aliphatic rings. The quantitative estimate of drug-likeness (QED) is 0.877. The maximum absolute atomic E-state index is 12.2. The molecule has 5 nitrogen and oxygen atoms in total. The number of nitrogens with one attached hydrogen (secondary N) is 1. The molecule has 2 amide bonds. The first-order valence-electron chi connectivity index (χ1n) is 6.39. The fraction of sp³-hybridized carbons (Fsp3) is 0.286. The van der Waals surface area contributed by atoms with Gasteiger partial charge < -0.3 is 14.7 Å². The second kappa shape index (κ2) is 5.17. The van der Waals surface area contributed by atoms with Gasteiger partial charge in [-0.1, -0.05) is 22.8 Å². The summed E-state index contributed by atoms with van der Waals surface area (Å²) < 4.78 is 5.24. The van der Waals surface area contributed by atoms with Crippen LogP contribution in [0.2, 0.25) is 5.02 Å². The number of halogens is 1. The molecular formula is C14H14ClN3O2. The average Bonchev–Trinajstić information content (AvgIpc) is 2.80. The van der Waals surface area contributed by atoms with E-state index in [4.69, 9.17) is 16.1 Å². The van der Waals surface area contributed by atoms with E-state index in [-0.39, 0.29) is 6.03 Å². The molecule has 1 aromatic heterocycles. The van der Waals surface area contributed by atoms with Crippen LogP contribution in [-0.4, -0.2) is 22.6 Å². The minimum atomic E-state index is -0.160. The van der Waals surface area contributed by atoms with Gasteiger partial charge in [-0.05, 0) is 31.5 Å². The highest BCUT2D eigenvalue weighted by Gasteiger charge is 2.25. The molecule has 0 aliphatic carbocycles. The van der Waals surface area contributed by atoms with E-state index in [2.05, 4.69) is 10.5 Å². The fourth-order valence-corrected chi connectivity index (χ4v) is 2.51. The Bertz CT molecular complexity index is 654. The van der Waals surface area contributed by atoms with Crippen LogP contribution in [-0.2, 0) is 13.0 Å². The highest BCUT2D eigenvalue weighted by Crippen LogP contribution is 2.22. The Labute approximate surface area is 121 Å². The molecule has 1 aliphatic heterocycles. The maximum atomic E-state index is 12.2. The van der Waals surface area contributed by atoms with Crippen LogP contribution in [0.5, 0.6) is 0 Å². The molecule has 0 bridgehead atoms. The van der Waals surface area contributed by atoms with Crippen LogP contribution in [0.15, 0.2) is 28.8 Å². The predicted molar refractivity (Wildman–Crippen MR) is 75.8 cm³/mol. The predicted octanol–water partition coefficient (Wildman–Crippen LogP) is 3.23. The Kier molecular flexibility index (Phi) is 3.36. The zero-order valence-corrected chi connectivity index (χ0v) is 11.8. The van der Waals surface area contributed by atoms with E-state index < -0.39 is 0 Å². The van der Waals surface area contributed by atoms with Crippen LogP contribution < -0.4 is 5.32 Å². The lowest BCUT2D eigenvalue weighted by atomic mass is 10.1. The molecule has 0 fully saturated rings. The first-order chi connectivity index (χ1) is 9.63. The summed E-state index contributed by atoms with van der Waals surface area (Å²) in [6, 6.07) is 6.92. The van der Waals surface area contributed by atoms with E-state index in [9.17, 15) is 4.79 Å². The Morgan fingerprint density at radius 2 is 2.35 bits per heavy atom. The zero-order valence-electron chi connectivity index (χ0n) is 11.0. The number of carbonyl (C=O) groups excluding carboxylic acids is 1. The smallest absolute Gasteiger partial charge is 0.322 e. The number of aryl methyl sites for hydroxylation is 1. The second-order valence-corrected chi connectivity index (χ2v) is 5.22. The number of nitrogens with zero attached hydrogens (tertiary/aromatic N) is 2. The summed E-state index contributed by atoms with van der Waals surface area (Å²) in [6.07, 6.45) is 0.771. The second-order valence-electron chi connectivity index (χ2n) is 4.78. The van der Waals surface area contributed by atoms with Gasteiger partial charge in [-0.3, -0.25) is 0 Å². The minimum Gasteiger partial charge on any atom is -0.359 e. The van der Waals surface area contributed by atoms with Crippen LogP contribution in [0.1, 0.15) is 17.0 Å². The molecule has 0 saturated carbocycles. The van der Waals surface area contributed by atoms with Crippen molar-refractivity contribution in [2.24, 2.45) is 0 Å². The summed E-state index contributed by atoms with van der Waals surface area (Å²) in [5, 5.41) is 7.36. The van der Waals surface area contributed by atoms with Crippen molar-refractivity contribution in [3.05, 3.63) is 46.3 Å². The summed E-state index contributed by atoms with van der Waals surface area (Å²) in [5.74, 6) is 0.773. The van der Waals surface area contributed by atoms with Crippen molar-refractivity contribution in [1.82, 2.24) is 10.1 Å².